The minimum atomic E-state index is -0.0504. The maximum Gasteiger partial charge on any atom is 0.251 e. The van der Waals surface area contributed by atoms with Crippen molar-refractivity contribution in [2.24, 2.45) is 5.92 Å². The molecule has 0 saturated heterocycles. The van der Waals surface area contributed by atoms with Crippen LogP contribution in [0.5, 0.6) is 0 Å². The average Bonchev–Trinajstić information content (AvgIpc) is 3.36. The van der Waals surface area contributed by atoms with E-state index >= 15 is 0 Å². The first-order chi connectivity index (χ1) is 17.9. The van der Waals surface area contributed by atoms with E-state index in [4.69, 9.17) is 4.42 Å². The Morgan fingerprint density at radius 3 is 2.41 bits per heavy atom. The van der Waals surface area contributed by atoms with E-state index in [1.807, 2.05) is 30.3 Å². The van der Waals surface area contributed by atoms with Crippen molar-refractivity contribution in [1.29, 1.82) is 5.26 Å². The lowest BCUT2D eigenvalue weighted by Crippen LogP contribution is -2.31. The maximum atomic E-state index is 12.8. The van der Waals surface area contributed by atoms with Crippen LogP contribution in [0.4, 0.5) is 0 Å². The van der Waals surface area contributed by atoms with Crippen LogP contribution in [0.3, 0.4) is 0 Å². The highest BCUT2D eigenvalue weighted by molar-refractivity contribution is 5.94. The zero-order valence-corrected chi connectivity index (χ0v) is 21.8. The third kappa shape index (κ3) is 5.44. The number of carbonyl (C=O) groups excluding carboxylic acids is 1. The van der Waals surface area contributed by atoms with E-state index in [9.17, 15) is 10.1 Å². The average molecular weight is 492 g/mol. The van der Waals surface area contributed by atoms with E-state index in [2.05, 4.69) is 61.4 Å². The minimum Gasteiger partial charge on any atom is -0.436 e. The number of fused-ring (bicyclic) bond motifs is 1. The normalized spacial score (nSPS) is 17.6. The molecule has 0 unspecified atom stereocenters. The third-order valence-electron chi connectivity index (χ3n) is 7.61. The molecule has 1 heterocycles. The second-order valence-electron chi connectivity index (χ2n) is 10.6. The molecule has 0 bridgehead atoms. The molecule has 1 aliphatic rings. The van der Waals surface area contributed by atoms with Crippen molar-refractivity contribution < 1.29 is 9.21 Å². The molecule has 0 spiro atoms. The Hall–Kier alpha value is -3.91. The summed E-state index contributed by atoms with van der Waals surface area (Å²) in [5, 5.41) is 12.5. The van der Waals surface area contributed by atoms with Gasteiger partial charge < -0.3 is 9.73 Å². The molecule has 5 nitrogen and oxygen atoms in total. The van der Waals surface area contributed by atoms with Crippen LogP contribution in [0.2, 0.25) is 0 Å². The number of nitriles is 1. The Balaban J connectivity index is 1.19. The van der Waals surface area contributed by atoms with Crippen LogP contribution in [0.1, 0.15) is 84.0 Å². The van der Waals surface area contributed by atoms with Crippen molar-refractivity contribution >= 4 is 17.0 Å². The van der Waals surface area contributed by atoms with Crippen molar-refractivity contribution in [3.05, 3.63) is 88.5 Å². The van der Waals surface area contributed by atoms with E-state index in [1.165, 1.54) is 24.0 Å². The minimum absolute atomic E-state index is 0.0504. The zero-order chi connectivity index (χ0) is 25.9. The molecule has 5 heteroatoms. The number of hydrogen-bond acceptors (Lipinski definition) is 4. The fourth-order valence-corrected chi connectivity index (χ4v) is 5.32. The summed E-state index contributed by atoms with van der Waals surface area (Å²) in [6.07, 6.45) is 4.64. The molecule has 4 aromatic rings. The van der Waals surface area contributed by atoms with Gasteiger partial charge in [-0.1, -0.05) is 43.7 Å². The number of carbonyl (C=O) groups is 1. The molecule has 1 fully saturated rings. The summed E-state index contributed by atoms with van der Waals surface area (Å²) < 4.78 is 6.10. The van der Waals surface area contributed by atoms with Gasteiger partial charge in [0.2, 0.25) is 5.89 Å². The van der Waals surface area contributed by atoms with Gasteiger partial charge in [-0.3, -0.25) is 4.79 Å². The Labute approximate surface area is 218 Å². The van der Waals surface area contributed by atoms with Gasteiger partial charge in [0.25, 0.3) is 5.91 Å². The number of nitrogens with one attached hydrogen (secondary N) is 1. The van der Waals surface area contributed by atoms with Crippen molar-refractivity contribution in [2.45, 2.75) is 58.3 Å². The summed E-state index contributed by atoms with van der Waals surface area (Å²) in [6, 6.07) is 22.1. The van der Waals surface area contributed by atoms with Gasteiger partial charge in [0.1, 0.15) is 5.52 Å². The van der Waals surface area contributed by atoms with Gasteiger partial charge >= 0.3 is 0 Å². The van der Waals surface area contributed by atoms with Crippen LogP contribution in [0.15, 0.2) is 65.1 Å². The van der Waals surface area contributed by atoms with E-state index in [1.54, 1.807) is 6.07 Å². The largest absolute Gasteiger partial charge is 0.436 e. The molecular weight excluding hydrogens is 458 g/mol. The summed E-state index contributed by atoms with van der Waals surface area (Å²) in [6.45, 7) is 6.98. The molecule has 188 valence electrons. The van der Waals surface area contributed by atoms with Gasteiger partial charge in [-0.05, 0) is 92.3 Å². The fourth-order valence-electron chi connectivity index (χ4n) is 5.32. The van der Waals surface area contributed by atoms with E-state index in [0.29, 0.717) is 46.5 Å². The number of amides is 1. The molecule has 1 aliphatic carbocycles. The highest BCUT2D eigenvalue weighted by Crippen LogP contribution is 2.36. The van der Waals surface area contributed by atoms with Crippen LogP contribution in [-0.4, -0.2) is 17.4 Å². The van der Waals surface area contributed by atoms with Crippen LogP contribution < -0.4 is 5.32 Å². The Kier molecular flexibility index (Phi) is 7.10. The zero-order valence-electron chi connectivity index (χ0n) is 21.8. The summed E-state index contributed by atoms with van der Waals surface area (Å²) in [5.74, 6) is 1.81. The van der Waals surface area contributed by atoms with Crippen molar-refractivity contribution in [3.63, 3.8) is 0 Å². The standard InChI is InChI=1S/C32H33N3O2/c1-20(2)28-16-23(18-33)17-29-30(28)37-32(35-29)27-14-12-26(13-15-27)31(36)34-19-22-6-10-25(11-7-22)24-8-4-21(3)5-9-24/h4-5,8-9,12-17,20,22,25H,6-7,10-11,19H2,1-3H3,(H,34,36). The van der Waals surface area contributed by atoms with Crippen LogP contribution >= 0.6 is 0 Å². The molecule has 1 saturated carbocycles. The number of aromatic nitrogens is 1. The van der Waals surface area contributed by atoms with Gasteiger partial charge in [-0.15, -0.1) is 0 Å². The molecule has 1 amide bonds. The third-order valence-corrected chi connectivity index (χ3v) is 7.61. The summed E-state index contributed by atoms with van der Waals surface area (Å²) in [4.78, 5) is 17.4. The number of rotatable bonds is 6. The highest BCUT2D eigenvalue weighted by atomic mass is 16.3. The van der Waals surface area contributed by atoms with Gasteiger partial charge in [0.05, 0.1) is 11.6 Å². The predicted octanol–water partition coefficient (Wildman–Crippen LogP) is 7.50. The molecule has 0 radical (unpaired) electrons. The number of oxazole rings is 1. The van der Waals surface area contributed by atoms with Crippen LogP contribution in [-0.2, 0) is 0 Å². The van der Waals surface area contributed by atoms with Crippen molar-refractivity contribution in [2.75, 3.05) is 6.54 Å². The highest BCUT2D eigenvalue weighted by Gasteiger charge is 2.23. The molecule has 0 aliphatic heterocycles. The fraction of sp³-hybridized carbons (Fsp3) is 0.344. The Morgan fingerprint density at radius 1 is 1.05 bits per heavy atom. The first-order valence-electron chi connectivity index (χ1n) is 13.2. The van der Waals surface area contributed by atoms with Gasteiger partial charge in [0.15, 0.2) is 5.58 Å². The smallest absolute Gasteiger partial charge is 0.251 e. The van der Waals surface area contributed by atoms with Crippen LogP contribution in [0, 0.1) is 24.2 Å². The van der Waals surface area contributed by atoms with Crippen LogP contribution in [0.25, 0.3) is 22.6 Å². The second kappa shape index (κ2) is 10.6. The monoisotopic (exact) mass is 491 g/mol. The number of hydrogen-bond donors (Lipinski definition) is 1. The molecule has 3 aromatic carbocycles. The lowest BCUT2D eigenvalue weighted by molar-refractivity contribution is 0.0943. The molecular formula is C32H33N3O2. The molecule has 5 rings (SSSR count). The Bertz CT molecular complexity index is 1430. The molecule has 1 aromatic heterocycles. The SMILES string of the molecule is Cc1ccc(C2CCC(CNC(=O)c3ccc(-c4nc5cc(C#N)cc(C(C)C)c5o4)cc3)CC2)cc1. The molecule has 1 N–H and O–H groups in total. The second-order valence-corrected chi connectivity index (χ2v) is 10.6. The first kappa shape index (κ1) is 24.8. The number of nitrogens with zero attached hydrogens (tertiary/aromatic N) is 2. The number of aryl methyl sites for hydroxylation is 1. The first-order valence-corrected chi connectivity index (χ1v) is 13.2. The van der Waals surface area contributed by atoms with E-state index in [-0.39, 0.29) is 11.8 Å². The maximum absolute atomic E-state index is 12.8. The van der Waals surface area contributed by atoms with Crippen molar-refractivity contribution in [1.82, 2.24) is 10.3 Å². The van der Waals surface area contributed by atoms with Gasteiger partial charge in [-0.25, -0.2) is 4.98 Å². The lowest BCUT2D eigenvalue weighted by atomic mass is 9.78. The van der Waals surface area contributed by atoms with Gasteiger partial charge in [0, 0.05) is 23.2 Å². The van der Waals surface area contributed by atoms with E-state index < -0.39 is 0 Å². The lowest BCUT2D eigenvalue weighted by Gasteiger charge is -2.29. The summed E-state index contributed by atoms with van der Waals surface area (Å²) >= 11 is 0. The summed E-state index contributed by atoms with van der Waals surface area (Å²) in [7, 11) is 0. The quantitative estimate of drug-likeness (QED) is 0.303. The molecule has 0 atom stereocenters. The number of benzene rings is 3. The summed E-state index contributed by atoms with van der Waals surface area (Å²) in [5.41, 5.74) is 7.11. The van der Waals surface area contributed by atoms with E-state index in [0.717, 1.165) is 24.0 Å². The molecule has 37 heavy (non-hydrogen) atoms. The van der Waals surface area contributed by atoms with Crippen molar-refractivity contribution in [3.8, 4) is 17.5 Å². The Morgan fingerprint density at radius 2 is 1.76 bits per heavy atom. The van der Waals surface area contributed by atoms with Gasteiger partial charge in [-0.2, -0.15) is 5.26 Å². The predicted molar refractivity (Wildman–Crippen MR) is 146 cm³/mol. The topological polar surface area (TPSA) is 78.9 Å².